The van der Waals surface area contributed by atoms with Crippen LogP contribution in [-0.2, 0) is 19.6 Å². The molecule has 0 fully saturated rings. The van der Waals surface area contributed by atoms with E-state index in [1.807, 2.05) is 29.5 Å². The third-order valence-corrected chi connectivity index (χ3v) is 5.76. The number of halogens is 1. The topological polar surface area (TPSA) is 72.5 Å². The third-order valence-electron chi connectivity index (χ3n) is 1.89. The quantitative estimate of drug-likeness (QED) is 0.468. The molecule has 8 heteroatoms. The Kier molecular flexibility index (Phi) is 5.35. The van der Waals surface area contributed by atoms with Gasteiger partial charge in [0.15, 0.2) is 0 Å². The highest BCUT2D eigenvalue weighted by molar-refractivity contribution is 14.1. The lowest BCUT2D eigenvalue weighted by atomic mass is 10.4. The van der Waals surface area contributed by atoms with Crippen molar-refractivity contribution in [3.63, 3.8) is 0 Å². The maximum atomic E-state index is 11.8. The van der Waals surface area contributed by atoms with Gasteiger partial charge < -0.3 is 4.74 Å². The summed E-state index contributed by atoms with van der Waals surface area (Å²) in [6, 6.07) is 3.28. The Morgan fingerprint density at radius 2 is 2.24 bits per heavy atom. The van der Waals surface area contributed by atoms with Gasteiger partial charge >= 0.3 is 5.97 Å². The van der Waals surface area contributed by atoms with Gasteiger partial charge in [-0.25, -0.2) is 13.1 Å². The predicted octanol–water partition coefficient (Wildman–Crippen LogP) is 1.31. The Morgan fingerprint density at radius 3 is 2.71 bits per heavy atom. The highest BCUT2D eigenvalue weighted by Crippen LogP contribution is 2.20. The van der Waals surface area contributed by atoms with Crippen LogP contribution in [0.4, 0.5) is 0 Å². The summed E-state index contributed by atoms with van der Waals surface area (Å²) < 4.78 is 30.2. The van der Waals surface area contributed by atoms with E-state index in [2.05, 4.69) is 9.46 Å². The van der Waals surface area contributed by atoms with Crippen LogP contribution in [-0.4, -0.2) is 32.0 Å². The number of nitrogens with one attached hydrogen (secondary N) is 1. The highest BCUT2D eigenvalue weighted by atomic mass is 127. The van der Waals surface area contributed by atoms with E-state index in [0.717, 1.165) is 4.88 Å². The Bertz CT molecular complexity index is 497. The standard InChI is InChI=1S/C9H12INO4S2/c1-6-3-4-8(16-6)17(13,14)11-5-7(10)9(12)15-2/h3-4,7,11H,5H2,1-2H3. The Hall–Kier alpha value is -0.190. The van der Waals surface area contributed by atoms with Gasteiger partial charge in [-0.1, -0.05) is 22.6 Å². The van der Waals surface area contributed by atoms with Crippen molar-refractivity contribution in [3.05, 3.63) is 17.0 Å². The molecule has 0 saturated carbocycles. The smallest absolute Gasteiger partial charge is 0.319 e. The van der Waals surface area contributed by atoms with E-state index < -0.39 is 19.9 Å². The second-order valence-corrected chi connectivity index (χ2v) is 7.99. The summed E-state index contributed by atoms with van der Waals surface area (Å²) >= 11 is 3.03. The molecular weight excluding hydrogens is 377 g/mol. The van der Waals surface area contributed by atoms with Crippen LogP contribution >= 0.6 is 33.9 Å². The zero-order chi connectivity index (χ0) is 13.1. The number of ether oxygens (including phenoxy) is 1. The van der Waals surface area contributed by atoms with Crippen LogP contribution < -0.4 is 4.72 Å². The normalized spacial score (nSPS) is 13.4. The Morgan fingerprint density at radius 1 is 1.59 bits per heavy atom. The fraction of sp³-hybridized carbons (Fsp3) is 0.444. The van der Waals surface area contributed by atoms with Crippen molar-refractivity contribution in [3.8, 4) is 0 Å². The van der Waals surface area contributed by atoms with E-state index in [1.165, 1.54) is 18.4 Å². The molecule has 0 aliphatic rings. The summed E-state index contributed by atoms with van der Waals surface area (Å²) in [6.07, 6.45) is 0. The number of alkyl halides is 1. The van der Waals surface area contributed by atoms with E-state index in [9.17, 15) is 13.2 Å². The molecular formula is C9H12INO4S2. The summed E-state index contributed by atoms with van der Waals surface area (Å²) in [5.41, 5.74) is 0. The molecule has 1 N–H and O–H groups in total. The molecule has 0 radical (unpaired) electrons. The summed E-state index contributed by atoms with van der Waals surface area (Å²) in [6.45, 7) is 1.85. The first-order valence-corrected chi connectivity index (χ1v) is 8.19. The van der Waals surface area contributed by atoms with Crippen molar-refractivity contribution < 1.29 is 17.9 Å². The van der Waals surface area contributed by atoms with Crippen molar-refractivity contribution in [1.82, 2.24) is 4.72 Å². The molecule has 0 aromatic carbocycles. The van der Waals surface area contributed by atoms with Crippen molar-refractivity contribution in [2.24, 2.45) is 0 Å². The van der Waals surface area contributed by atoms with E-state index in [-0.39, 0.29) is 10.8 Å². The third kappa shape index (κ3) is 4.19. The average molecular weight is 389 g/mol. The van der Waals surface area contributed by atoms with Gasteiger partial charge in [-0.05, 0) is 19.1 Å². The molecule has 0 aliphatic carbocycles. The van der Waals surface area contributed by atoms with Crippen LogP contribution in [0.5, 0.6) is 0 Å². The summed E-state index contributed by atoms with van der Waals surface area (Å²) in [5, 5.41) is 0. The SMILES string of the molecule is COC(=O)C(I)CNS(=O)(=O)c1ccc(C)s1. The second kappa shape index (κ2) is 6.12. The van der Waals surface area contributed by atoms with Crippen LogP contribution in [0, 0.1) is 6.92 Å². The number of methoxy groups -OCH3 is 1. The predicted molar refractivity (Wildman–Crippen MR) is 74.1 cm³/mol. The van der Waals surface area contributed by atoms with E-state index in [0.29, 0.717) is 0 Å². The van der Waals surface area contributed by atoms with Gasteiger partial charge in [-0.3, -0.25) is 4.79 Å². The van der Waals surface area contributed by atoms with Gasteiger partial charge in [0.05, 0.1) is 7.11 Å². The summed E-state index contributed by atoms with van der Waals surface area (Å²) in [4.78, 5) is 12.0. The first-order chi connectivity index (χ1) is 7.86. The lowest BCUT2D eigenvalue weighted by molar-refractivity contribution is -0.139. The van der Waals surface area contributed by atoms with E-state index >= 15 is 0 Å². The van der Waals surface area contributed by atoms with Crippen LogP contribution in [0.25, 0.3) is 0 Å². The molecule has 1 atom stereocenters. The molecule has 0 bridgehead atoms. The highest BCUT2D eigenvalue weighted by Gasteiger charge is 2.21. The molecule has 1 heterocycles. The van der Waals surface area contributed by atoms with Crippen LogP contribution in [0.15, 0.2) is 16.3 Å². The molecule has 96 valence electrons. The first-order valence-electron chi connectivity index (χ1n) is 4.65. The second-order valence-electron chi connectivity index (χ2n) is 3.21. The molecule has 0 spiro atoms. The van der Waals surface area contributed by atoms with Crippen LogP contribution in [0.1, 0.15) is 4.88 Å². The monoisotopic (exact) mass is 389 g/mol. The number of carbonyl (C=O) groups excluding carboxylic acids is 1. The number of esters is 1. The van der Waals surface area contributed by atoms with Crippen molar-refractivity contribution >= 4 is 49.9 Å². The van der Waals surface area contributed by atoms with Gasteiger partial charge in [-0.2, -0.15) is 0 Å². The maximum absolute atomic E-state index is 11.8. The van der Waals surface area contributed by atoms with Crippen molar-refractivity contribution in [1.29, 1.82) is 0 Å². The van der Waals surface area contributed by atoms with E-state index in [4.69, 9.17) is 0 Å². The molecule has 5 nitrogen and oxygen atoms in total. The zero-order valence-electron chi connectivity index (χ0n) is 9.27. The molecule has 1 aromatic heterocycles. The Labute approximate surface area is 118 Å². The minimum Gasteiger partial charge on any atom is -0.468 e. The number of hydrogen-bond donors (Lipinski definition) is 1. The van der Waals surface area contributed by atoms with Crippen LogP contribution in [0.2, 0.25) is 0 Å². The number of aryl methyl sites for hydroxylation is 1. The largest absolute Gasteiger partial charge is 0.468 e. The minimum absolute atomic E-state index is 0.0204. The molecule has 1 aromatic rings. The maximum Gasteiger partial charge on any atom is 0.319 e. The molecule has 0 amide bonds. The van der Waals surface area contributed by atoms with E-state index in [1.54, 1.807) is 12.1 Å². The molecule has 17 heavy (non-hydrogen) atoms. The van der Waals surface area contributed by atoms with Gasteiger partial charge in [0.1, 0.15) is 8.13 Å². The van der Waals surface area contributed by atoms with Gasteiger partial charge in [0, 0.05) is 11.4 Å². The number of rotatable bonds is 5. The number of thiophene rings is 1. The fourth-order valence-electron chi connectivity index (χ4n) is 1.02. The van der Waals surface area contributed by atoms with Gasteiger partial charge in [0.2, 0.25) is 10.0 Å². The van der Waals surface area contributed by atoms with Crippen molar-refractivity contribution in [2.75, 3.05) is 13.7 Å². The lowest BCUT2D eigenvalue weighted by Gasteiger charge is -2.08. The number of sulfonamides is 1. The summed E-state index contributed by atoms with van der Waals surface area (Å²) in [5.74, 6) is -0.448. The molecule has 0 aliphatic heterocycles. The van der Waals surface area contributed by atoms with Gasteiger partial charge in [0.25, 0.3) is 0 Å². The number of hydrogen-bond acceptors (Lipinski definition) is 5. The van der Waals surface area contributed by atoms with Crippen LogP contribution in [0.3, 0.4) is 0 Å². The van der Waals surface area contributed by atoms with Crippen molar-refractivity contribution in [2.45, 2.75) is 15.1 Å². The average Bonchev–Trinajstić information content (AvgIpc) is 2.72. The minimum atomic E-state index is -3.52. The molecule has 1 rings (SSSR count). The van der Waals surface area contributed by atoms with Gasteiger partial charge in [-0.15, -0.1) is 11.3 Å². The molecule has 1 unspecified atom stereocenters. The molecule has 0 saturated heterocycles. The Balaban J connectivity index is 2.66. The first kappa shape index (κ1) is 14.9. The lowest BCUT2D eigenvalue weighted by Crippen LogP contribution is -2.33. The zero-order valence-corrected chi connectivity index (χ0v) is 13.1. The fourth-order valence-corrected chi connectivity index (χ4v) is 4.17. The summed E-state index contributed by atoms with van der Waals surface area (Å²) in [7, 11) is -2.25. The number of carbonyl (C=O) groups is 1.